The van der Waals surface area contributed by atoms with Crippen molar-refractivity contribution >= 4 is 39.7 Å². The number of furan rings is 1. The highest BCUT2D eigenvalue weighted by Crippen LogP contribution is 2.30. The molecular formula is C21H20N4O3S2. The van der Waals surface area contributed by atoms with Crippen molar-refractivity contribution in [2.24, 2.45) is 0 Å². The van der Waals surface area contributed by atoms with E-state index in [2.05, 4.69) is 22.3 Å². The second kappa shape index (κ2) is 9.27. The number of carbonyl (C=O) groups is 1. The number of benzene rings is 1. The summed E-state index contributed by atoms with van der Waals surface area (Å²) in [5, 5.41) is 8.17. The first-order chi connectivity index (χ1) is 14.6. The maximum absolute atomic E-state index is 12.4. The standard InChI is InChI=1S/C21H20N4O3S2/c1-2-3-10-18-24-25-19(26)12-14(22-21(25)30-18)13-29-17-9-5-4-7-15(17)23-20(27)16-8-6-11-28-16/h4-9,11-12H,2-3,10,13H2,1H3,(H,23,27). The quantitative estimate of drug-likeness (QED) is 0.402. The maximum atomic E-state index is 12.4. The van der Waals surface area contributed by atoms with Crippen molar-refractivity contribution in [1.29, 1.82) is 0 Å². The number of aromatic nitrogens is 3. The number of thioether (sulfide) groups is 1. The topological polar surface area (TPSA) is 89.5 Å². The van der Waals surface area contributed by atoms with Crippen molar-refractivity contribution in [3.63, 3.8) is 0 Å². The fourth-order valence-electron chi connectivity index (χ4n) is 2.84. The highest BCUT2D eigenvalue weighted by Gasteiger charge is 2.13. The third kappa shape index (κ3) is 4.63. The average molecular weight is 441 g/mol. The summed E-state index contributed by atoms with van der Waals surface area (Å²) in [5.74, 6) is 0.441. The van der Waals surface area contributed by atoms with Crippen LogP contribution in [-0.2, 0) is 12.2 Å². The van der Waals surface area contributed by atoms with E-state index < -0.39 is 0 Å². The van der Waals surface area contributed by atoms with Crippen LogP contribution in [-0.4, -0.2) is 20.5 Å². The molecule has 0 spiro atoms. The summed E-state index contributed by atoms with van der Waals surface area (Å²) in [6.45, 7) is 2.13. The van der Waals surface area contributed by atoms with Crippen molar-refractivity contribution in [2.75, 3.05) is 5.32 Å². The first kappa shape index (κ1) is 20.4. The summed E-state index contributed by atoms with van der Waals surface area (Å²) in [6.07, 6.45) is 4.44. The van der Waals surface area contributed by atoms with Gasteiger partial charge in [-0.2, -0.15) is 9.61 Å². The zero-order valence-corrected chi connectivity index (χ0v) is 18.0. The second-order valence-electron chi connectivity index (χ2n) is 6.60. The third-order valence-electron chi connectivity index (χ3n) is 4.34. The van der Waals surface area contributed by atoms with Crippen molar-refractivity contribution in [3.8, 4) is 0 Å². The third-order valence-corrected chi connectivity index (χ3v) is 6.42. The van der Waals surface area contributed by atoms with Crippen LogP contribution in [0.25, 0.3) is 4.96 Å². The summed E-state index contributed by atoms with van der Waals surface area (Å²) in [6, 6.07) is 12.3. The Kier molecular flexibility index (Phi) is 6.29. The minimum absolute atomic E-state index is 0.172. The number of amides is 1. The van der Waals surface area contributed by atoms with Crippen LogP contribution >= 0.6 is 23.1 Å². The lowest BCUT2D eigenvalue weighted by Gasteiger charge is -2.09. The number of nitrogens with one attached hydrogen (secondary N) is 1. The zero-order chi connectivity index (χ0) is 20.9. The lowest BCUT2D eigenvalue weighted by atomic mass is 10.3. The molecule has 7 nitrogen and oxygen atoms in total. The van der Waals surface area contributed by atoms with Gasteiger partial charge in [-0.3, -0.25) is 9.59 Å². The Hall–Kier alpha value is -2.91. The van der Waals surface area contributed by atoms with E-state index in [-0.39, 0.29) is 17.2 Å². The molecule has 0 aliphatic heterocycles. The smallest absolute Gasteiger partial charge is 0.291 e. The molecule has 0 aliphatic rings. The van der Waals surface area contributed by atoms with Crippen LogP contribution in [0, 0.1) is 0 Å². The van der Waals surface area contributed by atoms with Gasteiger partial charge in [0.25, 0.3) is 11.5 Å². The number of rotatable bonds is 8. The van der Waals surface area contributed by atoms with E-state index >= 15 is 0 Å². The molecule has 0 bridgehead atoms. The Bertz CT molecular complexity index is 1210. The van der Waals surface area contributed by atoms with Crippen LogP contribution in [0.2, 0.25) is 0 Å². The van der Waals surface area contributed by atoms with Crippen LogP contribution in [0.5, 0.6) is 0 Å². The van der Waals surface area contributed by atoms with E-state index in [4.69, 9.17) is 4.42 Å². The summed E-state index contributed by atoms with van der Waals surface area (Å²) < 4.78 is 6.52. The summed E-state index contributed by atoms with van der Waals surface area (Å²) >= 11 is 2.97. The molecule has 4 aromatic rings. The monoisotopic (exact) mass is 440 g/mol. The number of hydrogen-bond donors (Lipinski definition) is 1. The van der Waals surface area contributed by atoms with Crippen molar-refractivity contribution in [2.45, 2.75) is 36.8 Å². The molecule has 1 N–H and O–H groups in total. The Morgan fingerprint density at radius 3 is 2.93 bits per heavy atom. The van der Waals surface area contributed by atoms with Crippen molar-refractivity contribution in [1.82, 2.24) is 14.6 Å². The number of fused-ring (bicyclic) bond motifs is 1. The second-order valence-corrected chi connectivity index (χ2v) is 8.65. The van der Waals surface area contributed by atoms with Crippen LogP contribution in [0.15, 0.2) is 62.8 Å². The molecule has 0 saturated heterocycles. The Morgan fingerprint density at radius 2 is 2.13 bits per heavy atom. The summed E-state index contributed by atoms with van der Waals surface area (Å²) in [7, 11) is 0. The molecule has 0 atom stereocenters. The molecule has 154 valence electrons. The Morgan fingerprint density at radius 1 is 1.27 bits per heavy atom. The summed E-state index contributed by atoms with van der Waals surface area (Å²) in [4.78, 5) is 30.8. The molecule has 3 aromatic heterocycles. The van der Waals surface area contributed by atoms with Gasteiger partial charge in [0.15, 0.2) is 5.76 Å². The largest absolute Gasteiger partial charge is 0.459 e. The number of carbonyl (C=O) groups excluding carboxylic acids is 1. The van der Waals surface area contributed by atoms with Gasteiger partial charge < -0.3 is 9.73 Å². The lowest BCUT2D eigenvalue weighted by Crippen LogP contribution is -2.15. The summed E-state index contributed by atoms with van der Waals surface area (Å²) in [5.41, 5.74) is 1.19. The highest BCUT2D eigenvalue weighted by molar-refractivity contribution is 7.98. The van der Waals surface area contributed by atoms with Crippen LogP contribution in [0.3, 0.4) is 0 Å². The minimum Gasteiger partial charge on any atom is -0.459 e. The van der Waals surface area contributed by atoms with Crippen LogP contribution in [0.1, 0.15) is 41.0 Å². The van der Waals surface area contributed by atoms with E-state index in [1.54, 1.807) is 12.1 Å². The number of anilines is 1. The maximum Gasteiger partial charge on any atom is 0.291 e. The van der Waals surface area contributed by atoms with Gasteiger partial charge in [0.05, 0.1) is 17.6 Å². The predicted molar refractivity (Wildman–Crippen MR) is 118 cm³/mol. The Balaban J connectivity index is 1.50. The SMILES string of the molecule is CCCCc1nn2c(=O)cc(CSc3ccccc3NC(=O)c3ccco3)nc2s1. The average Bonchev–Trinajstić information content (AvgIpc) is 3.42. The van der Waals surface area contributed by atoms with Gasteiger partial charge in [-0.05, 0) is 30.7 Å². The molecule has 30 heavy (non-hydrogen) atoms. The van der Waals surface area contributed by atoms with Gasteiger partial charge in [-0.25, -0.2) is 4.98 Å². The van der Waals surface area contributed by atoms with E-state index in [9.17, 15) is 9.59 Å². The molecule has 0 saturated carbocycles. The molecule has 1 aromatic carbocycles. The van der Waals surface area contributed by atoms with Gasteiger partial charge in [-0.15, -0.1) is 11.8 Å². The molecule has 0 fully saturated rings. The number of aryl methyl sites for hydroxylation is 1. The van der Waals surface area contributed by atoms with Crippen molar-refractivity contribution < 1.29 is 9.21 Å². The number of hydrogen-bond acceptors (Lipinski definition) is 7. The molecule has 9 heteroatoms. The van der Waals surface area contributed by atoms with Crippen LogP contribution in [0.4, 0.5) is 5.69 Å². The first-order valence-corrected chi connectivity index (χ1v) is 11.4. The van der Waals surface area contributed by atoms with Gasteiger partial charge in [0.2, 0.25) is 4.96 Å². The van der Waals surface area contributed by atoms with Crippen LogP contribution < -0.4 is 10.9 Å². The number of para-hydroxylation sites is 1. The number of unbranched alkanes of at least 4 members (excludes halogenated alkanes) is 1. The normalized spacial score (nSPS) is 11.1. The van der Waals surface area contributed by atoms with E-state index in [0.29, 0.717) is 22.1 Å². The Labute approximate surface area is 181 Å². The predicted octanol–water partition coefficient (Wildman–Crippen LogP) is 4.63. The van der Waals surface area contributed by atoms with E-state index in [1.807, 2.05) is 24.3 Å². The molecule has 3 heterocycles. The zero-order valence-electron chi connectivity index (χ0n) is 16.3. The molecule has 4 rings (SSSR count). The highest BCUT2D eigenvalue weighted by atomic mass is 32.2. The fourth-order valence-corrected chi connectivity index (χ4v) is 4.70. The minimum atomic E-state index is -0.310. The number of nitrogens with zero attached hydrogens (tertiary/aromatic N) is 3. The molecule has 0 aliphatic carbocycles. The lowest BCUT2D eigenvalue weighted by molar-refractivity contribution is 0.0996. The van der Waals surface area contributed by atoms with E-state index in [1.165, 1.54) is 39.9 Å². The van der Waals surface area contributed by atoms with Crippen molar-refractivity contribution in [3.05, 3.63) is 75.5 Å². The van der Waals surface area contributed by atoms with E-state index in [0.717, 1.165) is 29.2 Å². The molecule has 0 radical (unpaired) electrons. The van der Waals surface area contributed by atoms with Gasteiger partial charge in [-0.1, -0.05) is 36.8 Å². The molecule has 1 amide bonds. The molecular weight excluding hydrogens is 420 g/mol. The first-order valence-electron chi connectivity index (χ1n) is 9.59. The molecule has 0 unspecified atom stereocenters. The van der Waals surface area contributed by atoms with Gasteiger partial charge in [0, 0.05) is 23.1 Å². The fraction of sp³-hybridized carbons (Fsp3) is 0.238. The van der Waals surface area contributed by atoms with Gasteiger partial charge >= 0.3 is 0 Å². The van der Waals surface area contributed by atoms with Gasteiger partial charge in [0.1, 0.15) is 5.01 Å².